The fourth-order valence-corrected chi connectivity index (χ4v) is 3.98. The molecule has 0 N–H and O–H groups in total. The van der Waals surface area contributed by atoms with Gasteiger partial charge in [0.1, 0.15) is 5.78 Å². The van der Waals surface area contributed by atoms with Gasteiger partial charge in [-0.1, -0.05) is 24.3 Å². The van der Waals surface area contributed by atoms with Crippen LogP contribution in [0.1, 0.15) is 51.6 Å². The normalized spacial score (nSPS) is 12.9. The molecule has 2 aromatic carbocycles. The van der Waals surface area contributed by atoms with Gasteiger partial charge in [0, 0.05) is 10.5 Å². The first-order chi connectivity index (χ1) is 13.0. The summed E-state index contributed by atoms with van der Waals surface area (Å²) in [7, 11) is 0. The van der Waals surface area contributed by atoms with Crippen LogP contribution in [0, 0.1) is 0 Å². The van der Waals surface area contributed by atoms with E-state index in [4.69, 9.17) is 4.74 Å². The standard InChI is InChI=1S/C22H22O4S/c1-15(23)14-27-21-9-5-4-8-19(21)22(25)26-13-20(24)18-11-10-16-6-2-3-7-17(16)12-18/h4-5,8-12H,2-3,6-7,13-14H2,1H3. The van der Waals surface area contributed by atoms with Crippen LogP contribution in [0.25, 0.3) is 0 Å². The molecule has 0 aliphatic heterocycles. The number of hydrogen-bond acceptors (Lipinski definition) is 5. The highest BCUT2D eigenvalue weighted by molar-refractivity contribution is 8.00. The molecular formula is C22H22O4S. The van der Waals surface area contributed by atoms with Crippen LogP contribution in [-0.4, -0.2) is 29.9 Å². The van der Waals surface area contributed by atoms with E-state index < -0.39 is 5.97 Å². The van der Waals surface area contributed by atoms with Gasteiger partial charge < -0.3 is 4.74 Å². The van der Waals surface area contributed by atoms with E-state index in [0.717, 1.165) is 19.3 Å². The summed E-state index contributed by atoms with van der Waals surface area (Å²) in [5.41, 5.74) is 3.50. The number of aryl methyl sites for hydroxylation is 2. The second-order valence-electron chi connectivity index (χ2n) is 6.68. The quantitative estimate of drug-likeness (QED) is 0.406. The van der Waals surface area contributed by atoms with E-state index in [2.05, 4.69) is 0 Å². The second-order valence-corrected chi connectivity index (χ2v) is 7.69. The van der Waals surface area contributed by atoms with Gasteiger partial charge in [-0.25, -0.2) is 4.79 Å². The molecule has 0 radical (unpaired) electrons. The number of Topliss-reactive ketones (excluding diaryl/α,β-unsaturated/α-hetero) is 2. The summed E-state index contributed by atoms with van der Waals surface area (Å²) in [5.74, 6) is -0.428. The van der Waals surface area contributed by atoms with E-state index in [0.29, 0.717) is 21.8 Å². The van der Waals surface area contributed by atoms with Gasteiger partial charge in [0.25, 0.3) is 0 Å². The lowest BCUT2D eigenvalue weighted by molar-refractivity contribution is -0.114. The van der Waals surface area contributed by atoms with Gasteiger partial charge in [-0.3, -0.25) is 9.59 Å². The number of carbonyl (C=O) groups is 3. The number of thioether (sulfide) groups is 1. The topological polar surface area (TPSA) is 60.4 Å². The zero-order chi connectivity index (χ0) is 19.2. The summed E-state index contributed by atoms with van der Waals surface area (Å²) in [5, 5.41) is 0. The predicted octanol–water partition coefficient (Wildman–Crippen LogP) is 4.29. The fourth-order valence-electron chi connectivity index (χ4n) is 3.14. The van der Waals surface area contributed by atoms with Crippen molar-refractivity contribution in [3.05, 3.63) is 64.7 Å². The van der Waals surface area contributed by atoms with Crippen LogP contribution in [0.3, 0.4) is 0 Å². The van der Waals surface area contributed by atoms with Gasteiger partial charge in [-0.15, -0.1) is 11.8 Å². The molecule has 0 spiro atoms. The number of esters is 1. The summed E-state index contributed by atoms with van der Waals surface area (Å²) >= 11 is 1.29. The molecule has 0 bridgehead atoms. The van der Waals surface area contributed by atoms with Crippen molar-refractivity contribution < 1.29 is 19.1 Å². The largest absolute Gasteiger partial charge is 0.454 e. The molecule has 4 nitrogen and oxygen atoms in total. The zero-order valence-electron chi connectivity index (χ0n) is 15.3. The van der Waals surface area contributed by atoms with Crippen LogP contribution in [0.15, 0.2) is 47.4 Å². The average Bonchev–Trinajstić information content (AvgIpc) is 2.70. The minimum Gasteiger partial charge on any atom is -0.454 e. The SMILES string of the molecule is CC(=O)CSc1ccccc1C(=O)OCC(=O)c1ccc2c(c1)CCCC2. The van der Waals surface area contributed by atoms with Crippen LogP contribution < -0.4 is 0 Å². The maximum absolute atomic E-state index is 12.4. The molecule has 0 saturated carbocycles. The first-order valence-corrected chi connectivity index (χ1v) is 10.1. The molecule has 0 unspecified atom stereocenters. The highest BCUT2D eigenvalue weighted by Crippen LogP contribution is 2.24. The Morgan fingerprint density at radius 2 is 1.74 bits per heavy atom. The van der Waals surface area contributed by atoms with Crippen molar-refractivity contribution >= 4 is 29.3 Å². The Bertz CT molecular complexity index is 872. The second kappa shape index (κ2) is 9.00. The number of ketones is 2. The first kappa shape index (κ1) is 19.4. The summed E-state index contributed by atoms with van der Waals surface area (Å²) < 4.78 is 5.25. The van der Waals surface area contributed by atoms with Crippen LogP contribution >= 0.6 is 11.8 Å². The van der Waals surface area contributed by atoms with E-state index in [-0.39, 0.29) is 18.2 Å². The molecule has 1 aliphatic rings. The molecule has 0 aromatic heterocycles. The minimum absolute atomic E-state index is 0.0331. The smallest absolute Gasteiger partial charge is 0.339 e. The molecule has 0 amide bonds. The first-order valence-electron chi connectivity index (χ1n) is 9.08. The third-order valence-electron chi connectivity index (χ3n) is 4.54. The fraction of sp³-hybridized carbons (Fsp3) is 0.318. The Morgan fingerprint density at radius 1 is 1.00 bits per heavy atom. The molecule has 5 heteroatoms. The minimum atomic E-state index is -0.548. The number of benzene rings is 2. The number of fused-ring (bicyclic) bond motifs is 1. The van der Waals surface area contributed by atoms with Gasteiger partial charge in [0.2, 0.25) is 0 Å². The highest BCUT2D eigenvalue weighted by Gasteiger charge is 2.17. The van der Waals surface area contributed by atoms with Crippen molar-refractivity contribution in [2.45, 2.75) is 37.5 Å². The van der Waals surface area contributed by atoms with E-state index in [9.17, 15) is 14.4 Å². The number of hydrogen-bond donors (Lipinski definition) is 0. The van der Waals surface area contributed by atoms with Gasteiger partial charge >= 0.3 is 5.97 Å². The van der Waals surface area contributed by atoms with Crippen LogP contribution in [0.2, 0.25) is 0 Å². The Labute approximate surface area is 163 Å². The van der Waals surface area contributed by atoms with Gasteiger partial charge in [-0.2, -0.15) is 0 Å². The molecule has 0 atom stereocenters. The molecule has 0 fully saturated rings. The van der Waals surface area contributed by atoms with Gasteiger partial charge in [0.05, 0.1) is 11.3 Å². The van der Waals surface area contributed by atoms with Crippen molar-refractivity contribution in [1.82, 2.24) is 0 Å². The van der Waals surface area contributed by atoms with Crippen molar-refractivity contribution in [3.8, 4) is 0 Å². The summed E-state index contributed by atoms with van der Waals surface area (Å²) in [4.78, 5) is 36.7. The lowest BCUT2D eigenvalue weighted by Gasteiger charge is -2.16. The van der Waals surface area contributed by atoms with Crippen LogP contribution in [-0.2, 0) is 22.4 Å². The number of ether oxygens (including phenoxy) is 1. The van der Waals surface area contributed by atoms with E-state index in [1.807, 2.05) is 18.2 Å². The molecule has 1 aliphatic carbocycles. The molecule has 140 valence electrons. The summed E-state index contributed by atoms with van der Waals surface area (Å²) in [6.07, 6.45) is 4.40. The van der Waals surface area contributed by atoms with Crippen LogP contribution in [0.5, 0.6) is 0 Å². The maximum atomic E-state index is 12.4. The van der Waals surface area contributed by atoms with Gasteiger partial charge in [0.15, 0.2) is 12.4 Å². The molecule has 0 saturated heterocycles. The van der Waals surface area contributed by atoms with Crippen molar-refractivity contribution in [2.24, 2.45) is 0 Å². The Morgan fingerprint density at radius 3 is 2.52 bits per heavy atom. The van der Waals surface area contributed by atoms with Gasteiger partial charge in [-0.05, 0) is 61.9 Å². The maximum Gasteiger partial charge on any atom is 0.339 e. The molecule has 0 heterocycles. The van der Waals surface area contributed by atoms with E-state index in [1.54, 1.807) is 24.3 Å². The Kier molecular flexibility index (Phi) is 6.45. The van der Waals surface area contributed by atoms with Crippen molar-refractivity contribution in [1.29, 1.82) is 0 Å². The molecule has 3 rings (SSSR count). The van der Waals surface area contributed by atoms with Crippen molar-refractivity contribution in [2.75, 3.05) is 12.4 Å². The van der Waals surface area contributed by atoms with Crippen LogP contribution in [0.4, 0.5) is 0 Å². The Balaban J connectivity index is 1.64. The predicted molar refractivity (Wildman–Crippen MR) is 106 cm³/mol. The molecule has 27 heavy (non-hydrogen) atoms. The number of rotatable bonds is 7. The lowest BCUT2D eigenvalue weighted by atomic mass is 9.90. The number of carbonyl (C=O) groups excluding carboxylic acids is 3. The molecule has 2 aromatic rings. The monoisotopic (exact) mass is 382 g/mol. The summed E-state index contributed by atoms with van der Waals surface area (Å²) in [6.45, 7) is 1.22. The summed E-state index contributed by atoms with van der Waals surface area (Å²) in [6, 6.07) is 12.7. The van der Waals surface area contributed by atoms with E-state index in [1.165, 1.54) is 36.2 Å². The highest BCUT2D eigenvalue weighted by atomic mass is 32.2. The van der Waals surface area contributed by atoms with E-state index >= 15 is 0 Å². The third kappa shape index (κ3) is 5.07. The Hall–Kier alpha value is -2.40. The average molecular weight is 382 g/mol. The molecular weight excluding hydrogens is 360 g/mol. The van der Waals surface area contributed by atoms with Crippen molar-refractivity contribution in [3.63, 3.8) is 0 Å². The lowest BCUT2D eigenvalue weighted by Crippen LogP contribution is -2.16. The third-order valence-corrected chi connectivity index (χ3v) is 5.76. The zero-order valence-corrected chi connectivity index (χ0v) is 16.1.